The Hall–Kier alpha value is -3.81. The minimum absolute atomic E-state index is 0.101. The quantitative estimate of drug-likeness (QED) is 0.259. The molecule has 5 nitrogen and oxygen atoms in total. The predicted octanol–water partition coefficient (Wildman–Crippen LogP) is 6.02. The summed E-state index contributed by atoms with van der Waals surface area (Å²) in [5, 5.41) is 9.38. The smallest absolute Gasteiger partial charge is 0.416 e. The maximum absolute atomic E-state index is 12.6. The number of rotatable bonds is 11. The monoisotopic (exact) mass is 483 g/mol. The molecule has 184 valence electrons. The number of unbranched alkanes of at least 4 members (excludes halogenated alkanes) is 1. The average Bonchev–Trinajstić information content (AvgIpc) is 3.33. The highest BCUT2D eigenvalue weighted by Crippen LogP contribution is 2.29. The van der Waals surface area contributed by atoms with E-state index >= 15 is 0 Å². The van der Waals surface area contributed by atoms with Crippen LogP contribution in [0.3, 0.4) is 0 Å². The first-order valence-electron chi connectivity index (χ1n) is 11.2. The SMILES string of the molecule is C=C(COc1ccc(CCCCc2cn[nH]c2)c(C)c1)NC(=O)/C=C/c1ccc(C(F)(F)F)cc1. The molecule has 1 heterocycles. The molecule has 2 N–H and O–H groups in total. The maximum Gasteiger partial charge on any atom is 0.416 e. The van der Waals surface area contributed by atoms with E-state index in [1.807, 2.05) is 31.5 Å². The van der Waals surface area contributed by atoms with E-state index in [1.165, 1.54) is 35.4 Å². The van der Waals surface area contributed by atoms with Crippen LogP contribution >= 0.6 is 0 Å². The van der Waals surface area contributed by atoms with Crippen LogP contribution in [0.5, 0.6) is 5.75 Å². The van der Waals surface area contributed by atoms with Gasteiger partial charge >= 0.3 is 6.18 Å². The standard InChI is InChI=1S/C27H28F3N3O2/c1-19-15-25(13-10-23(19)6-4-3-5-22-16-31-32-17-22)35-18-20(2)33-26(34)14-9-21-7-11-24(12-8-21)27(28,29)30/h7-17H,2-6,18H2,1H3,(H,31,32)(H,33,34)/b14-9+. The molecule has 0 fully saturated rings. The van der Waals surface area contributed by atoms with Crippen LogP contribution in [0.4, 0.5) is 13.2 Å². The van der Waals surface area contributed by atoms with Gasteiger partial charge in [-0.1, -0.05) is 24.8 Å². The van der Waals surface area contributed by atoms with Crippen LogP contribution in [0.1, 0.15) is 40.7 Å². The molecule has 3 rings (SSSR count). The fourth-order valence-electron chi connectivity index (χ4n) is 3.48. The van der Waals surface area contributed by atoms with Gasteiger partial charge in [-0.15, -0.1) is 0 Å². The Morgan fingerprint density at radius 2 is 1.89 bits per heavy atom. The van der Waals surface area contributed by atoms with Gasteiger partial charge in [0.25, 0.3) is 0 Å². The summed E-state index contributed by atoms with van der Waals surface area (Å²) in [5.74, 6) is 0.237. The summed E-state index contributed by atoms with van der Waals surface area (Å²) < 4.78 is 43.6. The van der Waals surface area contributed by atoms with Crippen molar-refractivity contribution in [3.63, 3.8) is 0 Å². The van der Waals surface area contributed by atoms with E-state index in [9.17, 15) is 18.0 Å². The molecule has 0 saturated heterocycles. The van der Waals surface area contributed by atoms with Gasteiger partial charge in [-0.25, -0.2) is 0 Å². The number of H-pyrrole nitrogens is 1. The molecule has 0 unspecified atom stereocenters. The number of nitrogens with one attached hydrogen (secondary N) is 2. The molecule has 0 atom stereocenters. The van der Waals surface area contributed by atoms with E-state index in [0.717, 1.165) is 43.4 Å². The Kier molecular flexibility index (Phi) is 8.89. The van der Waals surface area contributed by atoms with Crippen molar-refractivity contribution >= 4 is 12.0 Å². The number of amides is 1. The molecular weight excluding hydrogens is 455 g/mol. The number of carbonyl (C=O) groups is 1. The van der Waals surface area contributed by atoms with Gasteiger partial charge in [0.05, 0.1) is 11.8 Å². The van der Waals surface area contributed by atoms with E-state index in [4.69, 9.17) is 4.74 Å². The number of hydrogen-bond donors (Lipinski definition) is 2. The van der Waals surface area contributed by atoms with E-state index in [0.29, 0.717) is 17.0 Å². The Balaban J connectivity index is 1.40. The molecule has 0 aliphatic rings. The third-order valence-electron chi connectivity index (χ3n) is 5.41. The summed E-state index contributed by atoms with van der Waals surface area (Å²) in [6.45, 7) is 5.93. The van der Waals surface area contributed by atoms with Crippen LogP contribution in [-0.4, -0.2) is 22.7 Å². The lowest BCUT2D eigenvalue weighted by Gasteiger charge is -2.12. The minimum atomic E-state index is -4.39. The zero-order valence-electron chi connectivity index (χ0n) is 19.5. The first-order valence-corrected chi connectivity index (χ1v) is 11.2. The number of hydrogen-bond acceptors (Lipinski definition) is 3. The van der Waals surface area contributed by atoms with Crippen LogP contribution in [0.2, 0.25) is 0 Å². The lowest BCUT2D eigenvalue weighted by atomic mass is 10.0. The number of halogens is 3. The third kappa shape index (κ3) is 8.48. The molecule has 0 spiro atoms. The molecule has 0 bridgehead atoms. The number of alkyl halides is 3. The van der Waals surface area contributed by atoms with Crippen LogP contribution in [0.15, 0.2) is 73.2 Å². The fourth-order valence-corrected chi connectivity index (χ4v) is 3.48. The highest BCUT2D eigenvalue weighted by molar-refractivity contribution is 5.92. The highest BCUT2D eigenvalue weighted by Gasteiger charge is 2.29. The number of aromatic nitrogens is 2. The summed E-state index contributed by atoms with van der Waals surface area (Å²) in [6.07, 6.45) is 6.20. The minimum Gasteiger partial charge on any atom is -0.487 e. The van der Waals surface area contributed by atoms with Crippen molar-refractivity contribution in [3.8, 4) is 5.75 Å². The molecule has 0 aliphatic carbocycles. The highest BCUT2D eigenvalue weighted by atomic mass is 19.4. The van der Waals surface area contributed by atoms with Gasteiger partial charge in [-0.05, 0) is 85.2 Å². The van der Waals surface area contributed by atoms with Gasteiger partial charge in [0.2, 0.25) is 5.91 Å². The summed E-state index contributed by atoms with van der Waals surface area (Å²) in [5.41, 5.74) is 3.73. The molecule has 1 aromatic heterocycles. The zero-order valence-corrected chi connectivity index (χ0v) is 19.5. The molecule has 35 heavy (non-hydrogen) atoms. The normalized spacial score (nSPS) is 11.5. The molecule has 8 heteroatoms. The Morgan fingerprint density at radius 3 is 2.54 bits per heavy atom. The lowest BCUT2D eigenvalue weighted by molar-refractivity contribution is -0.137. The first-order chi connectivity index (χ1) is 16.7. The topological polar surface area (TPSA) is 67.0 Å². The molecule has 0 radical (unpaired) electrons. The summed E-state index contributed by atoms with van der Waals surface area (Å²) in [7, 11) is 0. The Morgan fingerprint density at radius 1 is 1.14 bits per heavy atom. The van der Waals surface area contributed by atoms with Crippen LogP contribution in [0, 0.1) is 6.92 Å². The average molecular weight is 484 g/mol. The summed E-state index contributed by atoms with van der Waals surface area (Å²) in [6, 6.07) is 10.5. The number of nitrogens with zero attached hydrogens (tertiary/aromatic N) is 1. The Bertz CT molecular complexity index is 1150. The van der Waals surface area contributed by atoms with Crippen molar-refractivity contribution in [3.05, 3.63) is 101 Å². The van der Waals surface area contributed by atoms with Gasteiger partial charge in [-0.2, -0.15) is 18.3 Å². The number of carbonyl (C=O) groups excluding carboxylic acids is 1. The molecule has 0 aliphatic heterocycles. The Labute approximate surface area is 202 Å². The number of benzene rings is 2. The largest absolute Gasteiger partial charge is 0.487 e. The molecule has 3 aromatic rings. The van der Waals surface area contributed by atoms with Crippen molar-refractivity contribution in [2.24, 2.45) is 0 Å². The van der Waals surface area contributed by atoms with Crippen molar-refractivity contribution in [2.75, 3.05) is 6.61 Å². The van der Waals surface area contributed by atoms with Gasteiger partial charge in [-0.3, -0.25) is 9.89 Å². The molecule has 2 aromatic carbocycles. The van der Waals surface area contributed by atoms with Gasteiger partial charge in [0, 0.05) is 18.0 Å². The van der Waals surface area contributed by atoms with Gasteiger partial charge in [0.1, 0.15) is 12.4 Å². The number of ether oxygens (including phenoxy) is 1. The van der Waals surface area contributed by atoms with Gasteiger partial charge in [0.15, 0.2) is 0 Å². The van der Waals surface area contributed by atoms with Crippen LogP contribution in [0.25, 0.3) is 6.08 Å². The van der Waals surface area contributed by atoms with E-state index < -0.39 is 17.6 Å². The molecule has 1 amide bonds. The van der Waals surface area contributed by atoms with Crippen molar-refractivity contribution < 1.29 is 22.7 Å². The zero-order chi connectivity index (χ0) is 25.3. The number of aryl methyl sites for hydroxylation is 3. The van der Waals surface area contributed by atoms with Crippen LogP contribution in [-0.2, 0) is 23.8 Å². The molecule has 0 saturated carbocycles. The van der Waals surface area contributed by atoms with E-state index in [-0.39, 0.29) is 6.61 Å². The van der Waals surface area contributed by atoms with Crippen molar-refractivity contribution in [1.29, 1.82) is 0 Å². The van der Waals surface area contributed by atoms with Crippen molar-refractivity contribution in [2.45, 2.75) is 38.8 Å². The van der Waals surface area contributed by atoms with E-state index in [1.54, 1.807) is 0 Å². The maximum atomic E-state index is 12.6. The fraction of sp³-hybridized carbons (Fsp3) is 0.259. The predicted molar refractivity (Wildman–Crippen MR) is 130 cm³/mol. The number of aromatic amines is 1. The second kappa shape index (κ2) is 12.1. The third-order valence-corrected chi connectivity index (χ3v) is 5.41. The van der Waals surface area contributed by atoms with Gasteiger partial charge < -0.3 is 10.1 Å². The second-order valence-corrected chi connectivity index (χ2v) is 8.24. The first kappa shape index (κ1) is 25.8. The lowest BCUT2D eigenvalue weighted by Crippen LogP contribution is -2.23. The van der Waals surface area contributed by atoms with E-state index in [2.05, 4.69) is 28.2 Å². The summed E-state index contributed by atoms with van der Waals surface area (Å²) in [4.78, 5) is 12.1. The second-order valence-electron chi connectivity index (χ2n) is 8.24. The summed E-state index contributed by atoms with van der Waals surface area (Å²) >= 11 is 0. The van der Waals surface area contributed by atoms with Crippen molar-refractivity contribution in [1.82, 2.24) is 15.5 Å². The molecular formula is C27H28F3N3O2. The van der Waals surface area contributed by atoms with Crippen LogP contribution < -0.4 is 10.1 Å².